The Hall–Kier alpha value is -2.12. The summed E-state index contributed by atoms with van der Waals surface area (Å²) in [5.41, 5.74) is 2.83. The summed E-state index contributed by atoms with van der Waals surface area (Å²) in [6, 6.07) is 11.8. The molecule has 1 heterocycles. The molecular weight excluding hydrogens is 318 g/mol. The van der Waals surface area contributed by atoms with Crippen LogP contribution in [0.25, 0.3) is 10.4 Å². The number of benzene rings is 1. The van der Waals surface area contributed by atoms with E-state index in [1.807, 2.05) is 18.2 Å². The van der Waals surface area contributed by atoms with Crippen molar-refractivity contribution >= 4 is 17.3 Å². The molecule has 0 spiro atoms. The number of aromatic carboxylic acids is 1. The quantitative estimate of drug-likeness (QED) is 0.767. The van der Waals surface area contributed by atoms with E-state index in [-0.39, 0.29) is 0 Å². The van der Waals surface area contributed by atoms with Gasteiger partial charge in [-0.05, 0) is 48.1 Å². The molecular formula is C20H21NO2S. The van der Waals surface area contributed by atoms with Crippen molar-refractivity contribution in [2.24, 2.45) is 0 Å². The zero-order chi connectivity index (χ0) is 16.9. The van der Waals surface area contributed by atoms with Crippen LogP contribution in [0, 0.1) is 11.3 Å². The SMILES string of the molecule is N#Cc1cc(-c2ccc(C(=O)O)s2)ccc1C1CCCCCCC1. The van der Waals surface area contributed by atoms with E-state index >= 15 is 0 Å². The summed E-state index contributed by atoms with van der Waals surface area (Å²) in [6.07, 6.45) is 8.73. The van der Waals surface area contributed by atoms with Crippen LogP contribution >= 0.6 is 11.3 Å². The molecule has 124 valence electrons. The third-order valence-corrected chi connectivity index (χ3v) is 5.94. The molecule has 0 saturated heterocycles. The van der Waals surface area contributed by atoms with E-state index in [9.17, 15) is 10.1 Å². The van der Waals surface area contributed by atoms with E-state index in [2.05, 4.69) is 12.1 Å². The molecule has 3 nitrogen and oxygen atoms in total. The molecule has 2 aromatic rings. The minimum Gasteiger partial charge on any atom is -0.477 e. The second-order valence-electron chi connectivity index (χ2n) is 6.42. The molecule has 1 aliphatic rings. The molecule has 0 unspecified atom stereocenters. The van der Waals surface area contributed by atoms with Crippen molar-refractivity contribution in [1.82, 2.24) is 0 Å². The van der Waals surface area contributed by atoms with Gasteiger partial charge in [-0.3, -0.25) is 0 Å². The van der Waals surface area contributed by atoms with Gasteiger partial charge in [-0.15, -0.1) is 11.3 Å². The van der Waals surface area contributed by atoms with Gasteiger partial charge in [-0.25, -0.2) is 4.79 Å². The smallest absolute Gasteiger partial charge is 0.345 e. The fraction of sp³-hybridized carbons (Fsp3) is 0.400. The molecule has 24 heavy (non-hydrogen) atoms. The fourth-order valence-corrected chi connectivity index (χ4v) is 4.38. The lowest BCUT2D eigenvalue weighted by Gasteiger charge is -2.21. The number of carbonyl (C=O) groups is 1. The van der Waals surface area contributed by atoms with Gasteiger partial charge in [0, 0.05) is 4.88 Å². The minimum absolute atomic E-state index is 0.326. The van der Waals surface area contributed by atoms with E-state index in [1.165, 1.54) is 43.4 Å². The van der Waals surface area contributed by atoms with E-state index < -0.39 is 5.97 Å². The van der Waals surface area contributed by atoms with Gasteiger partial charge in [-0.1, -0.05) is 44.2 Å². The lowest BCUT2D eigenvalue weighted by Crippen LogP contribution is -2.04. The fourth-order valence-electron chi connectivity index (χ4n) is 3.54. The first-order valence-corrected chi connectivity index (χ1v) is 9.38. The third-order valence-electron chi connectivity index (χ3n) is 4.82. The molecule has 1 aliphatic carbocycles. The van der Waals surface area contributed by atoms with Gasteiger partial charge in [0.15, 0.2) is 0 Å². The third kappa shape index (κ3) is 3.68. The van der Waals surface area contributed by atoms with Crippen molar-refractivity contribution in [3.05, 3.63) is 46.3 Å². The van der Waals surface area contributed by atoms with E-state index in [1.54, 1.807) is 6.07 Å². The Morgan fingerprint density at radius 1 is 1.08 bits per heavy atom. The van der Waals surface area contributed by atoms with E-state index in [0.717, 1.165) is 34.4 Å². The molecule has 0 radical (unpaired) electrons. The van der Waals surface area contributed by atoms with Crippen LogP contribution in [0.5, 0.6) is 0 Å². The van der Waals surface area contributed by atoms with Gasteiger partial charge in [0.2, 0.25) is 0 Å². The maximum absolute atomic E-state index is 11.0. The van der Waals surface area contributed by atoms with Crippen LogP contribution in [-0.4, -0.2) is 11.1 Å². The number of carboxylic acids is 1. The van der Waals surface area contributed by atoms with Crippen LogP contribution < -0.4 is 0 Å². The lowest BCUT2D eigenvalue weighted by atomic mass is 9.83. The first-order chi connectivity index (χ1) is 11.7. The highest BCUT2D eigenvalue weighted by Crippen LogP contribution is 2.35. The Kier molecular flexibility index (Phi) is 5.32. The van der Waals surface area contributed by atoms with Crippen molar-refractivity contribution in [1.29, 1.82) is 5.26 Å². The van der Waals surface area contributed by atoms with Crippen LogP contribution in [-0.2, 0) is 0 Å². The van der Waals surface area contributed by atoms with Crippen LogP contribution in [0.2, 0.25) is 0 Å². The van der Waals surface area contributed by atoms with Crippen molar-refractivity contribution in [2.75, 3.05) is 0 Å². The Morgan fingerprint density at radius 2 is 1.79 bits per heavy atom. The van der Waals surface area contributed by atoms with Crippen LogP contribution in [0.15, 0.2) is 30.3 Å². The normalized spacial score (nSPS) is 16.1. The predicted molar refractivity (Wildman–Crippen MR) is 96.5 cm³/mol. The summed E-state index contributed by atoms with van der Waals surface area (Å²) in [6.45, 7) is 0. The molecule has 0 atom stereocenters. The number of thiophene rings is 1. The van der Waals surface area contributed by atoms with E-state index in [0.29, 0.717) is 10.8 Å². The highest BCUT2D eigenvalue weighted by Gasteiger charge is 2.18. The summed E-state index contributed by atoms with van der Waals surface area (Å²) in [5, 5.41) is 18.7. The maximum atomic E-state index is 11.0. The Labute approximate surface area is 146 Å². The van der Waals surface area contributed by atoms with Crippen LogP contribution in [0.3, 0.4) is 0 Å². The number of hydrogen-bond acceptors (Lipinski definition) is 3. The molecule has 1 aromatic heterocycles. The predicted octanol–water partition coefficient (Wildman–Crippen LogP) is 5.81. The second-order valence-corrected chi connectivity index (χ2v) is 7.51. The Bertz CT molecular complexity index is 764. The molecule has 4 heteroatoms. The largest absolute Gasteiger partial charge is 0.477 e. The zero-order valence-electron chi connectivity index (χ0n) is 13.6. The maximum Gasteiger partial charge on any atom is 0.345 e. The number of nitriles is 1. The summed E-state index contributed by atoms with van der Waals surface area (Å²) >= 11 is 1.25. The minimum atomic E-state index is -0.905. The van der Waals surface area contributed by atoms with Gasteiger partial charge < -0.3 is 5.11 Å². The molecule has 0 aliphatic heterocycles. The molecule has 1 saturated carbocycles. The average molecular weight is 339 g/mol. The molecule has 1 aromatic carbocycles. The highest BCUT2D eigenvalue weighted by molar-refractivity contribution is 7.17. The molecule has 3 rings (SSSR count). The monoisotopic (exact) mass is 339 g/mol. The zero-order valence-corrected chi connectivity index (χ0v) is 14.4. The van der Waals surface area contributed by atoms with Crippen molar-refractivity contribution in [3.63, 3.8) is 0 Å². The first-order valence-electron chi connectivity index (χ1n) is 8.56. The molecule has 0 amide bonds. The molecule has 0 bridgehead atoms. The van der Waals surface area contributed by atoms with Gasteiger partial charge in [0.1, 0.15) is 4.88 Å². The topological polar surface area (TPSA) is 61.1 Å². The lowest BCUT2D eigenvalue weighted by molar-refractivity contribution is 0.0702. The second kappa shape index (κ2) is 7.63. The van der Waals surface area contributed by atoms with Crippen molar-refractivity contribution in [2.45, 2.75) is 50.9 Å². The summed E-state index contributed by atoms with van der Waals surface area (Å²) in [4.78, 5) is 12.3. The van der Waals surface area contributed by atoms with Gasteiger partial charge in [-0.2, -0.15) is 5.26 Å². The summed E-state index contributed by atoms with van der Waals surface area (Å²) in [7, 11) is 0. The summed E-state index contributed by atoms with van der Waals surface area (Å²) in [5.74, 6) is -0.426. The number of rotatable bonds is 3. The number of hydrogen-bond donors (Lipinski definition) is 1. The number of nitrogens with zero attached hydrogens (tertiary/aromatic N) is 1. The Balaban J connectivity index is 1.89. The summed E-state index contributed by atoms with van der Waals surface area (Å²) < 4.78 is 0. The van der Waals surface area contributed by atoms with Gasteiger partial charge in [0.05, 0.1) is 11.6 Å². The first kappa shape index (κ1) is 16.7. The number of carboxylic acid groups (broad SMARTS) is 1. The van der Waals surface area contributed by atoms with Crippen molar-refractivity contribution in [3.8, 4) is 16.5 Å². The Morgan fingerprint density at radius 3 is 2.42 bits per heavy atom. The van der Waals surface area contributed by atoms with Crippen LogP contribution in [0.1, 0.15) is 71.7 Å². The average Bonchev–Trinajstić information content (AvgIpc) is 3.04. The van der Waals surface area contributed by atoms with Gasteiger partial charge in [0.25, 0.3) is 0 Å². The molecule has 1 fully saturated rings. The van der Waals surface area contributed by atoms with Gasteiger partial charge >= 0.3 is 5.97 Å². The highest BCUT2D eigenvalue weighted by atomic mass is 32.1. The van der Waals surface area contributed by atoms with E-state index in [4.69, 9.17) is 5.11 Å². The molecule has 1 N–H and O–H groups in total. The standard InChI is InChI=1S/C20H21NO2S/c21-13-16-12-15(18-10-11-19(24-18)20(22)23)8-9-17(16)14-6-4-2-1-3-5-7-14/h8-12,14H,1-7H2,(H,22,23). The van der Waals surface area contributed by atoms with Crippen LogP contribution in [0.4, 0.5) is 0 Å². The van der Waals surface area contributed by atoms with Crippen molar-refractivity contribution < 1.29 is 9.90 Å².